The number of rotatable bonds is 5. The van der Waals surface area contributed by atoms with Crippen molar-refractivity contribution in [2.75, 3.05) is 11.9 Å². The molecule has 0 aliphatic heterocycles. The Morgan fingerprint density at radius 3 is 2.64 bits per heavy atom. The van der Waals surface area contributed by atoms with Crippen LogP contribution in [0.5, 0.6) is 0 Å². The van der Waals surface area contributed by atoms with Crippen LogP contribution in [-0.2, 0) is 0 Å². The van der Waals surface area contributed by atoms with E-state index in [0.29, 0.717) is 11.1 Å². The van der Waals surface area contributed by atoms with Gasteiger partial charge in [-0.1, -0.05) is 37.3 Å². The zero-order valence-corrected chi connectivity index (χ0v) is 12.2. The Hall–Kier alpha value is -2.82. The molecule has 3 rings (SSSR count). The van der Waals surface area contributed by atoms with Gasteiger partial charge in [-0.25, -0.2) is 0 Å². The molecule has 0 saturated heterocycles. The van der Waals surface area contributed by atoms with E-state index in [1.165, 1.54) is 0 Å². The Morgan fingerprint density at radius 1 is 1.18 bits per heavy atom. The topological polar surface area (TPSA) is 68.3 Å². The fourth-order valence-corrected chi connectivity index (χ4v) is 2.48. The Bertz CT molecular complexity index is 809. The molecule has 0 bridgehead atoms. The second-order valence-electron chi connectivity index (χ2n) is 5.04. The highest BCUT2D eigenvalue weighted by atomic mass is 16.6. The SMILES string of the molecule is CCCNc1ccc2oc([N+](=O)[O-])c(-c3ccccc3)c2c1. The number of nitrogens with one attached hydrogen (secondary N) is 1. The molecule has 1 heterocycles. The monoisotopic (exact) mass is 296 g/mol. The summed E-state index contributed by atoms with van der Waals surface area (Å²) in [6.07, 6.45) is 1.01. The summed E-state index contributed by atoms with van der Waals surface area (Å²) in [5.74, 6) is -0.214. The summed E-state index contributed by atoms with van der Waals surface area (Å²) in [6, 6.07) is 14.9. The van der Waals surface area contributed by atoms with Gasteiger partial charge in [-0.05, 0) is 30.2 Å². The third kappa shape index (κ3) is 2.53. The van der Waals surface area contributed by atoms with E-state index in [4.69, 9.17) is 4.42 Å². The smallest absolute Gasteiger partial charge is 0.400 e. The molecule has 1 N–H and O–H groups in total. The van der Waals surface area contributed by atoms with Gasteiger partial charge < -0.3 is 9.73 Å². The summed E-state index contributed by atoms with van der Waals surface area (Å²) < 4.78 is 5.45. The highest BCUT2D eigenvalue weighted by Crippen LogP contribution is 2.40. The van der Waals surface area contributed by atoms with Crippen molar-refractivity contribution in [1.29, 1.82) is 0 Å². The van der Waals surface area contributed by atoms with Crippen molar-refractivity contribution >= 4 is 22.5 Å². The lowest BCUT2D eigenvalue weighted by atomic mass is 10.0. The summed E-state index contributed by atoms with van der Waals surface area (Å²) >= 11 is 0. The number of nitrogens with zero attached hydrogens (tertiary/aromatic N) is 1. The average molecular weight is 296 g/mol. The summed E-state index contributed by atoms with van der Waals surface area (Å²) in [7, 11) is 0. The maximum absolute atomic E-state index is 11.3. The van der Waals surface area contributed by atoms with Crippen LogP contribution in [0.2, 0.25) is 0 Å². The number of anilines is 1. The highest BCUT2D eigenvalue weighted by molar-refractivity contribution is 6.00. The number of nitro groups is 1. The molecule has 22 heavy (non-hydrogen) atoms. The Morgan fingerprint density at radius 2 is 1.95 bits per heavy atom. The van der Waals surface area contributed by atoms with Gasteiger partial charge in [-0.15, -0.1) is 0 Å². The molecule has 0 aliphatic rings. The van der Waals surface area contributed by atoms with E-state index < -0.39 is 4.92 Å². The zero-order valence-electron chi connectivity index (χ0n) is 12.2. The largest absolute Gasteiger partial charge is 0.442 e. The molecule has 0 spiro atoms. The van der Waals surface area contributed by atoms with Gasteiger partial charge in [0, 0.05) is 17.6 Å². The van der Waals surface area contributed by atoms with Gasteiger partial charge in [-0.2, -0.15) is 0 Å². The van der Waals surface area contributed by atoms with Crippen molar-refractivity contribution in [3.63, 3.8) is 0 Å². The molecule has 0 amide bonds. The number of benzene rings is 2. The predicted molar refractivity (Wildman–Crippen MR) is 87.1 cm³/mol. The van der Waals surface area contributed by atoms with Crippen molar-refractivity contribution in [1.82, 2.24) is 0 Å². The minimum Gasteiger partial charge on any atom is -0.400 e. The van der Waals surface area contributed by atoms with E-state index in [2.05, 4.69) is 12.2 Å². The Labute approximate surface area is 127 Å². The van der Waals surface area contributed by atoms with Gasteiger partial charge in [0.05, 0.1) is 0 Å². The first-order valence-corrected chi connectivity index (χ1v) is 7.21. The van der Waals surface area contributed by atoms with Crippen LogP contribution in [0, 0.1) is 10.1 Å². The molecule has 5 heteroatoms. The van der Waals surface area contributed by atoms with E-state index in [0.717, 1.165) is 29.6 Å². The van der Waals surface area contributed by atoms with Crippen LogP contribution >= 0.6 is 0 Å². The number of fused-ring (bicyclic) bond motifs is 1. The molecule has 112 valence electrons. The summed E-state index contributed by atoms with van der Waals surface area (Å²) in [6.45, 7) is 2.94. The summed E-state index contributed by atoms with van der Waals surface area (Å²) in [4.78, 5) is 10.8. The van der Waals surface area contributed by atoms with Crippen molar-refractivity contribution in [2.24, 2.45) is 0 Å². The van der Waals surface area contributed by atoms with E-state index >= 15 is 0 Å². The van der Waals surface area contributed by atoms with Gasteiger partial charge in [0.2, 0.25) is 0 Å². The molecule has 0 unspecified atom stereocenters. The van der Waals surface area contributed by atoms with Crippen LogP contribution in [0.15, 0.2) is 52.9 Å². The fraction of sp³-hybridized carbons (Fsp3) is 0.176. The predicted octanol–water partition coefficient (Wildman–Crippen LogP) is 4.83. The highest BCUT2D eigenvalue weighted by Gasteiger charge is 2.25. The van der Waals surface area contributed by atoms with E-state index in [9.17, 15) is 10.1 Å². The molecule has 0 radical (unpaired) electrons. The van der Waals surface area contributed by atoms with Crippen LogP contribution < -0.4 is 5.32 Å². The molecule has 0 fully saturated rings. The number of hydrogen-bond acceptors (Lipinski definition) is 4. The second-order valence-corrected chi connectivity index (χ2v) is 5.04. The summed E-state index contributed by atoms with van der Waals surface area (Å²) in [5, 5.41) is 15.4. The van der Waals surface area contributed by atoms with Crippen molar-refractivity contribution in [3.8, 4) is 11.1 Å². The van der Waals surface area contributed by atoms with E-state index in [-0.39, 0.29) is 5.88 Å². The average Bonchev–Trinajstić information content (AvgIpc) is 2.92. The van der Waals surface area contributed by atoms with Crippen LogP contribution in [0.4, 0.5) is 11.6 Å². The van der Waals surface area contributed by atoms with E-state index in [1.807, 2.05) is 42.5 Å². The molecule has 2 aromatic carbocycles. The van der Waals surface area contributed by atoms with Gasteiger partial charge in [0.25, 0.3) is 0 Å². The van der Waals surface area contributed by atoms with Crippen molar-refractivity contribution in [2.45, 2.75) is 13.3 Å². The number of hydrogen-bond donors (Lipinski definition) is 1. The van der Waals surface area contributed by atoms with Crippen LogP contribution in [0.1, 0.15) is 13.3 Å². The first-order chi connectivity index (χ1) is 10.7. The molecular weight excluding hydrogens is 280 g/mol. The quantitative estimate of drug-likeness (QED) is 0.541. The van der Waals surface area contributed by atoms with Crippen LogP contribution in [0.3, 0.4) is 0 Å². The molecule has 0 aliphatic carbocycles. The zero-order chi connectivity index (χ0) is 15.5. The lowest BCUT2D eigenvalue weighted by Crippen LogP contribution is -1.98. The molecule has 3 aromatic rings. The third-order valence-corrected chi connectivity index (χ3v) is 3.48. The van der Waals surface area contributed by atoms with Crippen molar-refractivity contribution < 1.29 is 9.34 Å². The van der Waals surface area contributed by atoms with E-state index in [1.54, 1.807) is 6.07 Å². The fourth-order valence-electron chi connectivity index (χ4n) is 2.48. The molecule has 0 atom stereocenters. The van der Waals surface area contributed by atoms with Gasteiger partial charge in [0.1, 0.15) is 16.1 Å². The minimum atomic E-state index is -0.471. The van der Waals surface area contributed by atoms with Crippen LogP contribution in [0.25, 0.3) is 22.1 Å². The first-order valence-electron chi connectivity index (χ1n) is 7.21. The Kier molecular flexibility index (Phi) is 3.78. The van der Waals surface area contributed by atoms with Crippen LogP contribution in [-0.4, -0.2) is 11.5 Å². The maximum Gasteiger partial charge on any atom is 0.442 e. The summed E-state index contributed by atoms with van der Waals surface area (Å²) in [5.41, 5.74) is 2.76. The lowest BCUT2D eigenvalue weighted by Gasteiger charge is -2.04. The van der Waals surface area contributed by atoms with Gasteiger partial charge in [0.15, 0.2) is 0 Å². The standard InChI is InChI=1S/C17H16N2O3/c1-2-10-18-13-8-9-15-14(11-13)16(17(22-15)19(20)21)12-6-4-3-5-7-12/h3-9,11,18H,2,10H2,1H3. The third-order valence-electron chi connectivity index (χ3n) is 3.48. The first kappa shape index (κ1) is 14.1. The van der Waals surface area contributed by atoms with Gasteiger partial charge in [-0.3, -0.25) is 10.1 Å². The molecule has 0 saturated carbocycles. The molecule has 5 nitrogen and oxygen atoms in total. The molecular formula is C17H16N2O3. The number of furan rings is 1. The minimum absolute atomic E-state index is 0.214. The second kappa shape index (κ2) is 5.89. The maximum atomic E-state index is 11.3. The molecule has 1 aromatic heterocycles. The normalized spacial score (nSPS) is 10.8. The Balaban J connectivity index is 2.21. The van der Waals surface area contributed by atoms with Crippen molar-refractivity contribution in [3.05, 3.63) is 58.6 Å². The lowest BCUT2D eigenvalue weighted by molar-refractivity contribution is -0.400. The van der Waals surface area contributed by atoms with Gasteiger partial charge >= 0.3 is 5.88 Å².